The molecule has 0 aromatic heterocycles. The van der Waals surface area contributed by atoms with Crippen molar-refractivity contribution in [2.45, 2.75) is 11.4 Å². The van der Waals surface area contributed by atoms with Gasteiger partial charge in [-0.1, -0.05) is 52.3 Å². The van der Waals surface area contributed by atoms with Crippen molar-refractivity contribution >= 4 is 26.0 Å². The summed E-state index contributed by atoms with van der Waals surface area (Å²) in [6.45, 7) is 0.972. The van der Waals surface area contributed by atoms with E-state index in [4.69, 9.17) is 4.74 Å². The van der Waals surface area contributed by atoms with Gasteiger partial charge in [0.25, 0.3) is 0 Å². The van der Waals surface area contributed by atoms with Crippen LogP contribution in [-0.4, -0.2) is 33.0 Å². The van der Waals surface area contributed by atoms with Gasteiger partial charge < -0.3 is 4.74 Å². The molecule has 0 heterocycles. The maximum atomic E-state index is 12.8. The van der Waals surface area contributed by atoms with Crippen LogP contribution in [0.4, 0.5) is 0 Å². The van der Waals surface area contributed by atoms with Crippen molar-refractivity contribution in [2.24, 2.45) is 0 Å². The molecule has 0 aliphatic heterocycles. The van der Waals surface area contributed by atoms with Crippen molar-refractivity contribution < 1.29 is 13.2 Å². The molecule has 0 N–H and O–H groups in total. The molecule has 0 spiro atoms. The number of nitrogens with zero attached hydrogens (tertiary/aromatic N) is 1. The molecule has 0 radical (unpaired) electrons. The van der Waals surface area contributed by atoms with Gasteiger partial charge >= 0.3 is 0 Å². The van der Waals surface area contributed by atoms with Crippen LogP contribution in [0, 0.1) is 0 Å². The van der Waals surface area contributed by atoms with Crippen LogP contribution in [0.15, 0.2) is 64.0 Å². The van der Waals surface area contributed by atoms with E-state index in [1.807, 2.05) is 30.3 Å². The Labute approximate surface area is 139 Å². The van der Waals surface area contributed by atoms with Crippen molar-refractivity contribution in [1.29, 1.82) is 0 Å². The predicted octanol–water partition coefficient (Wildman–Crippen LogP) is 3.29. The van der Waals surface area contributed by atoms with Gasteiger partial charge in [-0.3, -0.25) is 0 Å². The fourth-order valence-electron chi connectivity index (χ4n) is 2.04. The lowest BCUT2D eigenvalue weighted by Gasteiger charge is -2.22. The minimum Gasteiger partial charge on any atom is -0.383 e. The van der Waals surface area contributed by atoms with Gasteiger partial charge in [-0.05, 0) is 23.8 Å². The van der Waals surface area contributed by atoms with Crippen LogP contribution >= 0.6 is 15.9 Å². The topological polar surface area (TPSA) is 46.6 Å². The Hall–Kier alpha value is -1.21. The lowest BCUT2D eigenvalue weighted by molar-refractivity contribution is 0.177. The summed E-state index contributed by atoms with van der Waals surface area (Å²) in [4.78, 5) is 0.272. The summed E-state index contributed by atoms with van der Waals surface area (Å²) in [7, 11) is -2.01. The van der Waals surface area contributed by atoms with Crippen LogP contribution in [0.5, 0.6) is 0 Å². The van der Waals surface area contributed by atoms with Crippen molar-refractivity contribution in [2.75, 3.05) is 20.3 Å². The van der Waals surface area contributed by atoms with Gasteiger partial charge in [-0.2, -0.15) is 4.31 Å². The largest absolute Gasteiger partial charge is 0.383 e. The normalized spacial score (nSPS) is 11.8. The van der Waals surface area contributed by atoms with Gasteiger partial charge in [-0.15, -0.1) is 0 Å². The van der Waals surface area contributed by atoms with Crippen molar-refractivity contribution in [3.8, 4) is 0 Å². The molecular weight excluding hydrogens is 366 g/mol. The lowest BCUT2D eigenvalue weighted by atomic mass is 10.2. The zero-order chi connectivity index (χ0) is 16.0. The van der Waals surface area contributed by atoms with E-state index >= 15 is 0 Å². The molecule has 118 valence electrons. The fourth-order valence-corrected chi connectivity index (χ4v) is 4.05. The SMILES string of the molecule is COCCN(Cc1ccccc1)S(=O)(=O)c1cccc(Br)c1. The number of halogens is 1. The summed E-state index contributed by atoms with van der Waals surface area (Å²) >= 11 is 3.32. The number of methoxy groups -OCH3 is 1. The third-order valence-corrected chi connectivity index (χ3v) is 5.51. The number of hydrogen-bond acceptors (Lipinski definition) is 3. The quantitative estimate of drug-likeness (QED) is 0.736. The molecule has 2 aromatic rings. The third-order valence-electron chi connectivity index (χ3n) is 3.18. The molecule has 0 bridgehead atoms. The smallest absolute Gasteiger partial charge is 0.243 e. The molecule has 0 aliphatic carbocycles. The second kappa shape index (κ2) is 7.87. The summed E-state index contributed by atoms with van der Waals surface area (Å²) in [6, 6.07) is 16.3. The van der Waals surface area contributed by atoms with Gasteiger partial charge in [0, 0.05) is 24.7 Å². The first-order valence-electron chi connectivity index (χ1n) is 6.82. The molecule has 2 aromatic carbocycles. The fraction of sp³-hybridized carbons (Fsp3) is 0.250. The molecule has 0 unspecified atom stereocenters. The van der Waals surface area contributed by atoms with Gasteiger partial charge in [-0.25, -0.2) is 8.42 Å². The lowest BCUT2D eigenvalue weighted by Crippen LogP contribution is -2.33. The summed E-state index contributed by atoms with van der Waals surface area (Å²) in [5.74, 6) is 0. The van der Waals surface area contributed by atoms with Gasteiger partial charge in [0.2, 0.25) is 10.0 Å². The summed E-state index contributed by atoms with van der Waals surface area (Å²) in [5.41, 5.74) is 0.942. The molecular formula is C16H18BrNO3S. The Kier molecular flexibility index (Phi) is 6.14. The monoisotopic (exact) mass is 383 g/mol. The highest BCUT2D eigenvalue weighted by molar-refractivity contribution is 9.10. The molecule has 6 heteroatoms. The molecule has 0 saturated heterocycles. The first kappa shape index (κ1) is 17.1. The van der Waals surface area contributed by atoms with Crippen LogP contribution in [0.1, 0.15) is 5.56 Å². The number of rotatable bonds is 7. The second-order valence-electron chi connectivity index (χ2n) is 4.77. The minimum absolute atomic E-state index is 0.272. The number of sulfonamides is 1. The zero-order valence-electron chi connectivity index (χ0n) is 12.3. The maximum Gasteiger partial charge on any atom is 0.243 e. The number of benzene rings is 2. The van der Waals surface area contributed by atoms with Crippen molar-refractivity contribution in [1.82, 2.24) is 4.31 Å². The van der Waals surface area contributed by atoms with Gasteiger partial charge in [0.05, 0.1) is 11.5 Å². The number of ether oxygens (including phenoxy) is 1. The first-order chi connectivity index (χ1) is 10.5. The molecule has 0 saturated carbocycles. The van der Waals surface area contributed by atoms with Crippen LogP contribution in [0.3, 0.4) is 0 Å². The van der Waals surface area contributed by atoms with Crippen molar-refractivity contribution in [3.05, 3.63) is 64.6 Å². The predicted molar refractivity (Wildman–Crippen MR) is 90.1 cm³/mol. The Morgan fingerprint density at radius 1 is 1.09 bits per heavy atom. The van der Waals surface area contributed by atoms with Crippen LogP contribution in [0.2, 0.25) is 0 Å². The van der Waals surface area contributed by atoms with Gasteiger partial charge in [0.15, 0.2) is 0 Å². The van der Waals surface area contributed by atoms with E-state index in [0.29, 0.717) is 19.7 Å². The molecule has 22 heavy (non-hydrogen) atoms. The van der Waals surface area contributed by atoms with Crippen LogP contribution in [-0.2, 0) is 21.3 Å². The highest BCUT2D eigenvalue weighted by Crippen LogP contribution is 2.21. The second-order valence-corrected chi connectivity index (χ2v) is 7.63. The van der Waals surface area contributed by atoms with Crippen LogP contribution < -0.4 is 0 Å². The first-order valence-corrected chi connectivity index (χ1v) is 9.06. The van der Waals surface area contributed by atoms with E-state index in [1.165, 1.54) is 4.31 Å². The van der Waals surface area contributed by atoms with E-state index in [-0.39, 0.29) is 4.90 Å². The average molecular weight is 384 g/mol. The Balaban J connectivity index is 2.31. The summed E-state index contributed by atoms with van der Waals surface area (Å²) < 4.78 is 32.9. The molecule has 0 fully saturated rings. The van der Waals surface area contributed by atoms with Gasteiger partial charge in [0.1, 0.15) is 0 Å². The molecule has 0 aliphatic rings. The number of hydrogen-bond donors (Lipinski definition) is 0. The highest BCUT2D eigenvalue weighted by atomic mass is 79.9. The van der Waals surface area contributed by atoms with E-state index < -0.39 is 10.0 Å². The van der Waals surface area contributed by atoms with E-state index in [1.54, 1.807) is 31.4 Å². The standard InChI is InChI=1S/C16H18BrNO3S/c1-21-11-10-18(13-14-6-3-2-4-7-14)22(19,20)16-9-5-8-15(17)12-16/h2-9,12H,10-11,13H2,1H3. The maximum absolute atomic E-state index is 12.8. The molecule has 4 nitrogen and oxygen atoms in total. The summed E-state index contributed by atoms with van der Waals surface area (Å²) in [6.07, 6.45) is 0. The average Bonchev–Trinajstić information content (AvgIpc) is 2.52. The third kappa shape index (κ3) is 4.39. The summed E-state index contributed by atoms with van der Waals surface area (Å²) in [5, 5.41) is 0. The zero-order valence-corrected chi connectivity index (χ0v) is 14.7. The molecule has 2 rings (SSSR count). The highest BCUT2D eigenvalue weighted by Gasteiger charge is 2.24. The van der Waals surface area contributed by atoms with E-state index in [0.717, 1.165) is 10.0 Å². The minimum atomic E-state index is -3.57. The van der Waals surface area contributed by atoms with E-state index in [9.17, 15) is 8.42 Å². The Morgan fingerprint density at radius 2 is 1.82 bits per heavy atom. The van der Waals surface area contributed by atoms with Crippen molar-refractivity contribution in [3.63, 3.8) is 0 Å². The Bertz CT molecular complexity index is 704. The Morgan fingerprint density at radius 3 is 2.45 bits per heavy atom. The molecule has 0 atom stereocenters. The molecule has 0 amide bonds. The van der Waals surface area contributed by atoms with E-state index in [2.05, 4.69) is 15.9 Å². The van der Waals surface area contributed by atoms with Crippen LogP contribution in [0.25, 0.3) is 0 Å².